The summed E-state index contributed by atoms with van der Waals surface area (Å²) < 4.78 is 38.7. The lowest BCUT2D eigenvalue weighted by atomic mass is 10.2. The number of hydrogen-bond donors (Lipinski definition) is 1. The summed E-state index contributed by atoms with van der Waals surface area (Å²) in [6, 6.07) is 3.56. The second kappa shape index (κ2) is 8.94. The predicted octanol–water partition coefficient (Wildman–Crippen LogP) is 2.73. The van der Waals surface area contributed by atoms with Crippen LogP contribution in [0.3, 0.4) is 0 Å². The fourth-order valence-corrected chi connectivity index (χ4v) is 1.93. The van der Waals surface area contributed by atoms with Gasteiger partial charge in [0.05, 0.1) is 25.8 Å². The van der Waals surface area contributed by atoms with Gasteiger partial charge in [-0.05, 0) is 17.7 Å². The first-order valence-electron chi connectivity index (χ1n) is 6.05. The van der Waals surface area contributed by atoms with Crippen molar-refractivity contribution in [2.45, 2.75) is 13.0 Å². The Hall–Kier alpha value is -1.11. The number of rotatable bonds is 9. The van der Waals surface area contributed by atoms with Gasteiger partial charge in [-0.25, -0.2) is 8.78 Å². The molecule has 0 aliphatic rings. The SMILES string of the molecule is COc1cc(CNCCOCC(F)F)cc(Cl)c1OC. The van der Waals surface area contributed by atoms with Crippen molar-refractivity contribution in [3.8, 4) is 11.5 Å². The lowest BCUT2D eigenvalue weighted by Gasteiger charge is -2.12. The van der Waals surface area contributed by atoms with Gasteiger partial charge in [-0.3, -0.25) is 0 Å². The van der Waals surface area contributed by atoms with E-state index in [9.17, 15) is 8.78 Å². The van der Waals surface area contributed by atoms with Gasteiger partial charge in [-0.1, -0.05) is 11.6 Å². The number of alkyl halides is 2. The van der Waals surface area contributed by atoms with Crippen molar-refractivity contribution in [2.75, 3.05) is 34.0 Å². The van der Waals surface area contributed by atoms with Crippen LogP contribution >= 0.6 is 11.6 Å². The fraction of sp³-hybridized carbons (Fsp3) is 0.538. The average molecular weight is 310 g/mol. The third kappa shape index (κ3) is 5.48. The molecular formula is C13H18ClF2NO3. The van der Waals surface area contributed by atoms with Gasteiger partial charge in [0.25, 0.3) is 6.43 Å². The Morgan fingerprint density at radius 1 is 1.25 bits per heavy atom. The Balaban J connectivity index is 2.42. The van der Waals surface area contributed by atoms with E-state index in [0.717, 1.165) is 5.56 Å². The number of methoxy groups -OCH3 is 2. The monoisotopic (exact) mass is 309 g/mol. The Labute approximate surface area is 122 Å². The standard InChI is InChI=1S/C13H18ClF2NO3/c1-18-11-6-9(5-10(14)13(11)19-2)7-17-3-4-20-8-12(15)16/h5-6,12,17H,3-4,7-8H2,1-2H3. The molecule has 0 radical (unpaired) electrons. The Bertz CT molecular complexity index is 419. The highest BCUT2D eigenvalue weighted by Gasteiger charge is 2.10. The van der Waals surface area contributed by atoms with Crippen LogP contribution in [0.5, 0.6) is 11.5 Å². The zero-order chi connectivity index (χ0) is 15.0. The van der Waals surface area contributed by atoms with Gasteiger partial charge in [0, 0.05) is 13.1 Å². The molecule has 0 unspecified atom stereocenters. The van der Waals surface area contributed by atoms with Gasteiger partial charge in [0.15, 0.2) is 11.5 Å². The maximum atomic E-state index is 11.8. The van der Waals surface area contributed by atoms with Crippen LogP contribution in [0.2, 0.25) is 5.02 Å². The molecule has 0 atom stereocenters. The van der Waals surface area contributed by atoms with Crippen LogP contribution in [0.25, 0.3) is 0 Å². The Morgan fingerprint density at radius 2 is 2.00 bits per heavy atom. The highest BCUT2D eigenvalue weighted by molar-refractivity contribution is 6.32. The van der Waals surface area contributed by atoms with E-state index in [1.807, 2.05) is 0 Å². The molecule has 0 aliphatic carbocycles. The predicted molar refractivity (Wildman–Crippen MR) is 73.1 cm³/mol. The molecular weight excluding hydrogens is 292 g/mol. The van der Waals surface area contributed by atoms with Crippen LogP contribution in [0.4, 0.5) is 8.78 Å². The van der Waals surface area contributed by atoms with Gasteiger partial charge < -0.3 is 19.5 Å². The molecule has 0 bridgehead atoms. The number of ether oxygens (including phenoxy) is 3. The molecule has 0 spiro atoms. The number of benzene rings is 1. The molecule has 1 N–H and O–H groups in total. The zero-order valence-corrected chi connectivity index (χ0v) is 12.2. The molecule has 1 aromatic carbocycles. The summed E-state index contributed by atoms with van der Waals surface area (Å²) in [4.78, 5) is 0. The largest absolute Gasteiger partial charge is 0.493 e. The van der Waals surface area contributed by atoms with Crippen molar-refractivity contribution in [1.29, 1.82) is 0 Å². The van der Waals surface area contributed by atoms with E-state index in [1.165, 1.54) is 14.2 Å². The summed E-state index contributed by atoms with van der Waals surface area (Å²) in [5.41, 5.74) is 0.904. The number of nitrogens with one attached hydrogen (secondary N) is 1. The lowest BCUT2D eigenvalue weighted by molar-refractivity contribution is 0.0187. The van der Waals surface area contributed by atoms with Gasteiger partial charge in [0.1, 0.15) is 6.61 Å². The summed E-state index contributed by atoms with van der Waals surface area (Å²) >= 11 is 6.07. The summed E-state index contributed by atoms with van der Waals surface area (Å²) in [5, 5.41) is 3.52. The van der Waals surface area contributed by atoms with E-state index in [-0.39, 0.29) is 6.61 Å². The number of hydrogen-bond acceptors (Lipinski definition) is 4. The van der Waals surface area contributed by atoms with E-state index >= 15 is 0 Å². The Morgan fingerprint density at radius 3 is 2.60 bits per heavy atom. The van der Waals surface area contributed by atoms with Gasteiger partial charge in [-0.2, -0.15) is 0 Å². The highest BCUT2D eigenvalue weighted by atomic mass is 35.5. The van der Waals surface area contributed by atoms with E-state index in [4.69, 9.17) is 25.8 Å². The summed E-state index contributed by atoms with van der Waals surface area (Å²) in [5.74, 6) is 1.03. The lowest BCUT2D eigenvalue weighted by Crippen LogP contribution is -2.20. The van der Waals surface area contributed by atoms with Crippen molar-refractivity contribution in [3.63, 3.8) is 0 Å². The normalized spacial score (nSPS) is 10.9. The van der Waals surface area contributed by atoms with Crippen molar-refractivity contribution in [1.82, 2.24) is 5.32 Å². The van der Waals surface area contributed by atoms with Gasteiger partial charge in [0.2, 0.25) is 0 Å². The summed E-state index contributed by atoms with van der Waals surface area (Å²) in [7, 11) is 3.05. The quantitative estimate of drug-likeness (QED) is 0.712. The molecule has 0 heterocycles. The topological polar surface area (TPSA) is 39.7 Å². The molecule has 1 rings (SSSR count). The minimum Gasteiger partial charge on any atom is -0.493 e. The minimum atomic E-state index is -2.43. The summed E-state index contributed by atoms with van der Waals surface area (Å²) in [6.45, 7) is 0.687. The molecule has 0 saturated heterocycles. The van der Waals surface area contributed by atoms with E-state index in [2.05, 4.69) is 5.32 Å². The van der Waals surface area contributed by atoms with Crippen molar-refractivity contribution in [2.24, 2.45) is 0 Å². The average Bonchev–Trinajstić information content (AvgIpc) is 2.41. The highest BCUT2D eigenvalue weighted by Crippen LogP contribution is 2.35. The first-order valence-corrected chi connectivity index (χ1v) is 6.43. The Kier molecular flexibility index (Phi) is 7.58. The maximum Gasteiger partial charge on any atom is 0.261 e. The molecule has 0 aliphatic heterocycles. The second-order valence-corrected chi connectivity index (χ2v) is 4.36. The molecule has 1 aromatic rings. The van der Waals surface area contributed by atoms with Crippen LogP contribution < -0.4 is 14.8 Å². The van der Waals surface area contributed by atoms with Crippen molar-refractivity contribution < 1.29 is 23.0 Å². The molecule has 20 heavy (non-hydrogen) atoms. The van der Waals surface area contributed by atoms with E-state index in [1.54, 1.807) is 12.1 Å². The van der Waals surface area contributed by atoms with Gasteiger partial charge >= 0.3 is 0 Å². The molecule has 4 nitrogen and oxygen atoms in total. The molecule has 0 saturated carbocycles. The van der Waals surface area contributed by atoms with Gasteiger partial charge in [-0.15, -0.1) is 0 Å². The van der Waals surface area contributed by atoms with E-state index in [0.29, 0.717) is 29.6 Å². The van der Waals surface area contributed by atoms with E-state index < -0.39 is 13.0 Å². The molecule has 7 heteroatoms. The molecule has 0 aromatic heterocycles. The fourth-order valence-electron chi connectivity index (χ4n) is 1.62. The van der Waals surface area contributed by atoms with Crippen LogP contribution in [-0.4, -0.2) is 40.4 Å². The maximum absolute atomic E-state index is 11.8. The van der Waals surface area contributed by atoms with Crippen LogP contribution in [0, 0.1) is 0 Å². The summed E-state index contributed by atoms with van der Waals surface area (Å²) in [6.07, 6.45) is -2.43. The third-order valence-corrected chi connectivity index (χ3v) is 2.77. The number of halogens is 3. The van der Waals surface area contributed by atoms with Crippen molar-refractivity contribution >= 4 is 11.6 Å². The molecule has 0 amide bonds. The zero-order valence-electron chi connectivity index (χ0n) is 11.4. The first-order chi connectivity index (χ1) is 9.58. The second-order valence-electron chi connectivity index (χ2n) is 3.96. The smallest absolute Gasteiger partial charge is 0.261 e. The first kappa shape index (κ1) is 16.9. The van der Waals surface area contributed by atoms with Crippen molar-refractivity contribution in [3.05, 3.63) is 22.7 Å². The van der Waals surface area contributed by atoms with Crippen LogP contribution in [-0.2, 0) is 11.3 Å². The van der Waals surface area contributed by atoms with Crippen LogP contribution in [0.1, 0.15) is 5.56 Å². The third-order valence-electron chi connectivity index (χ3n) is 2.49. The molecule has 0 fully saturated rings. The minimum absolute atomic E-state index is 0.228. The van der Waals surface area contributed by atoms with Crippen LogP contribution in [0.15, 0.2) is 12.1 Å². The molecule has 114 valence electrons.